The molecular weight excluding hydrogens is 371 g/mol. The Morgan fingerprint density at radius 1 is 0.895 bits per heavy atom. The summed E-state index contributed by atoms with van der Waals surface area (Å²) in [4.78, 5) is 32.0. The number of hydrogen-bond donors (Lipinski definition) is 1. The van der Waals surface area contributed by atoms with Crippen LogP contribution in [0.5, 0.6) is 0 Å². The molecule has 0 aliphatic rings. The van der Waals surface area contributed by atoms with E-state index in [9.17, 15) is 14.4 Å². The number of carboxylic acids is 1. The summed E-state index contributed by atoms with van der Waals surface area (Å²) in [5, 5.41) is 8.30. The van der Waals surface area contributed by atoms with Crippen LogP contribution >= 0.6 is 22.6 Å². The van der Waals surface area contributed by atoms with Gasteiger partial charge in [-0.05, 0) is 0 Å². The molecule has 0 saturated heterocycles. The van der Waals surface area contributed by atoms with E-state index in [-0.39, 0.29) is 26.1 Å². The van der Waals surface area contributed by atoms with Crippen LogP contribution < -0.4 is 0 Å². The Bertz CT molecular complexity index is 293. The van der Waals surface area contributed by atoms with Crippen molar-refractivity contribution in [1.29, 1.82) is 0 Å². The molecule has 0 unspecified atom stereocenters. The number of Topliss-reactive ketones (excluding diaryl/α,β-unsaturated/α-hetero) is 1. The molecule has 0 aromatic heterocycles. The topological polar surface area (TPSA) is 99.1 Å². The Hall–Kier alpha value is -0.740. The minimum absolute atomic E-state index is 0.0758. The molecule has 0 amide bonds. The van der Waals surface area contributed by atoms with Crippen molar-refractivity contribution < 1.29 is 33.7 Å². The SMILES string of the molecule is O=C(CCC(=O)C(=O)O)OCCOCCOCCI. The lowest BCUT2D eigenvalue weighted by molar-refractivity contribution is -0.151. The second kappa shape index (κ2) is 12.3. The maximum Gasteiger partial charge on any atom is 0.372 e. The van der Waals surface area contributed by atoms with Crippen LogP contribution in [0.3, 0.4) is 0 Å². The van der Waals surface area contributed by atoms with E-state index in [1.807, 2.05) is 0 Å². The van der Waals surface area contributed by atoms with E-state index in [0.717, 1.165) is 4.43 Å². The van der Waals surface area contributed by atoms with Gasteiger partial charge in [0.2, 0.25) is 5.78 Å². The summed E-state index contributed by atoms with van der Waals surface area (Å²) in [7, 11) is 0. The number of ketones is 1. The van der Waals surface area contributed by atoms with E-state index < -0.39 is 17.7 Å². The Labute approximate surface area is 124 Å². The Kier molecular flexibility index (Phi) is 11.8. The first-order valence-corrected chi connectivity index (χ1v) is 7.23. The number of carbonyl (C=O) groups excluding carboxylic acids is 2. The first kappa shape index (κ1) is 18.3. The number of rotatable bonds is 12. The second-order valence-corrected chi connectivity index (χ2v) is 4.44. The van der Waals surface area contributed by atoms with E-state index in [1.165, 1.54) is 0 Å². The van der Waals surface area contributed by atoms with Crippen molar-refractivity contribution in [3.63, 3.8) is 0 Å². The average Bonchev–Trinajstić information content (AvgIpc) is 2.38. The fraction of sp³-hybridized carbons (Fsp3) is 0.727. The molecule has 0 bridgehead atoms. The highest BCUT2D eigenvalue weighted by Gasteiger charge is 2.13. The molecule has 0 aliphatic heterocycles. The van der Waals surface area contributed by atoms with Crippen molar-refractivity contribution >= 4 is 40.3 Å². The summed E-state index contributed by atoms with van der Waals surface area (Å²) in [5.41, 5.74) is 0. The van der Waals surface area contributed by atoms with Crippen molar-refractivity contribution in [2.75, 3.05) is 37.5 Å². The molecule has 0 heterocycles. The fourth-order valence-electron chi connectivity index (χ4n) is 0.986. The molecule has 0 radical (unpaired) electrons. The van der Waals surface area contributed by atoms with Crippen molar-refractivity contribution in [2.24, 2.45) is 0 Å². The molecule has 7 nitrogen and oxygen atoms in total. The summed E-state index contributed by atoms with van der Waals surface area (Å²) < 4.78 is 16.0. The van der Waals surface area contributed by atoms with Crippen LogP contribution in [-0.2, 0) is 28.6 Å². The van der Waals surface area contributed by atoms with E-state index in [2.05, 4.69) is 22.6 Å². The zero-order chi connectivity index (χ0) is 14.5. The van der Waals surface area contributed by atoms with Gasteiger partial charge >= 0.3 is 11.9 Å². The maximum atomic E-state index is 11.1. The number of alkyl halides is 1. The van der Waals surface area contributed by atoms with Crippen LogP contribution in [-0.4, -0.2) is 60.3 Å². The van der Waals surface area contributed by atoms with Gasteiger partial charge in [0.05, 0.1) is 32.8 Å². The number of hydrogen-bond acceptors (Lipinski definition) is 6. The highest BCUT2D eigenvalue weighted by Crippen LogP contribution is 1.95. The molecule has 0 fully saturated rings. The Morgan fingerprint density at radius 3 is 2.05 bits per heavy atom. The Morgan fingerprint density at radius 2 is 1.47 bits per heavy atom. The highest BCUT2D eigenvalue weighted by molar-refractivity contribution is 14.1. The lowest BCUT2D eigenvalue weighted by atomic mass is 10.2. The molecule has 0 aliphatic carbocycles. The summed E-state index contributed by atoms with van der Waals surface area (Å²) in [6.45, 7) is 1.91. The molecule has 0 spiro atoms. The minimum Gasteiger partial charge on any atom is -0.476 e. The summed E-state index contributed by atoms with van der Waals surface area (Å²) in [6, 6.07) is 0. The predicted octanol–water partition coefficient (Wildman–Crippen LogP) is 0.432. The zero-order valence-corrected chi connectivity index (χ0v) is 12.6. The monoisotopic (exact) mass is 388 g/mol. The third-order valence-corrected chi connectivity index (χ3v) is 2.32. The molecular formula is C11H17IO7. The second-order valence-electron chi connectivity index (χ2n) is 3.36. The van der Waals surface area contributed by atoms with Gasteiger partial charge in [0.1, 0.15) is 6.61 Å². The number of ether oxygens (including phenoxy) is 3. The third-order valence-electron chi connectivity index (χ3n) is 1.88. The number of carbonyl (C=O) groups is 3. The van der Waals surface area contributed by atoms with Crippen LogP contribution in [0.15, 0.2) is 0 Å². The predicted molar refractivity (Wildman–Crippen MR) is 73.4 cm³/mol. The van der Waals surface area contributed by atoms with Crippen LogP contribution in [0.2, 0.25) is 0 Å². The average molecular weight is 388 g/mol. The Balaban J connectivity index is 3.34. The van der Waals surface area contributed by atoms with E-state index in [0.29, 0.717) is 19.8 Å². The lowest BCUT2D eigenvalue weighted by Crippen LogP contribution is -2.17. The number of esters is 1. The molecule has 1 N–H and O–H groups in total. The first-order chi connectivity index (χ1) is 9.07. The van der Waals surface area contributed by atoms with Crippen LogP contribution in [0.25, 0.3) is 0 Å². The number of halogens is 1. The lowest BCUT2D eigenvalue weighted by Gasteiger charge is -2.06. The normalized spacial score (nSPS) is 10.2. The zero-order valence-electron chi connectivity index (χ0n) is 10.4. The first-order valence-electron chi connectivity index (χ1n) is 5.71. The van der Waals surface area contributed by atoms with Gasteiger partial charge < -0.3 is 19.3 Å². The van der Waals surface area contributed by atoms with Crippen molar-refractivity contribution in [2.45, 2.75) is 12.8 Å². The summed E-state index contributed by atoms with van der Waals surface area (Å²) >= 11 is 2.20. The standard InChI is InChI=1S/C11H17IO7/c12-3-4-17-5-6-18-7-8-19-10(14)2-1-9(13)11(15)16/h1-8H2,(H,15,16). The van der Waals surface area contributed by atoms with Gasteiger partial charge in [0.25, 0.3) is 0 Å². The van der Waals surface area contributed by atoms with Crippen molar-refractivity contribution in [3.8, 4) is 0 Å². The molecule has 0 atom stereocenters. The van der Waals surface area contributed by atoms with E-state index in [1.54, 1.807) is 0 Å². The van der Waals surface area contributed by atoms with Crippen LogP contribution in [0.1, 0.15) is 12.8 Å². The molecule has 110 valence electrons. The summed E-state index contributed by atoms with van der Waals surface area (Å²) in [6.07, 6.45) is -0.580. The van der Waals surface area contributed by atoms with E-state index >= 15 is 0 Å². The van der Waals surface area contributed by atoms with Gasteiger partial charge in [0.15, 0.2) is 0 Å². The van der Waals surface area contributed by atoms with Crippen molar-refractivity contribution in [1.82, 2.24) is 0 Å². The molecule has 0 rings (SSSR count). The van der Waals surface area contributed by atoms with Gasteiger partial charge in [-0.25, -0.2) is 4.79 Å². The van der Waals surface area contributed by atoms with Gasteiger partial charge in [-0.2, -0.15) is 0 Å². The fourth-order valence-corrected chi connectivity index (χ4v) is 1.30. The van der Waals surface area contributed by atoms with Crippen molar-refractivity contribution in [3.05, 3.63) is 0 Å². The maximum absolute atomic E-state index is 11.1. The molecule has 19 heavy (non-hydrogen) atoms. The third kappa shape index (κ3) is 12.1. The van der Waals surface area contributed by atoms with Gasteiger partial charge in [-0.15, -0.1) is 0 Å². The van der Waals surface area contributed by atoms with Gasteiger partial charge in [-0.1, -0.05) is 22.6 Å². The molecule has 0 aromatic rings. The summed E-state index contributed by atoms with van der Waals surface area (Å²) in [5.74, 6) is -3.15. The molecule has 8 heteroatoms. The van der Waals surface area contributed by atoms with Gasteiger partial charge in [-0.3, -0.25) is 9.59 Å². The number of carboxylic acid groups (broad SMARTS) is 1. The van der Waals surface area contributed by atoms with Crippen LogP contribution in [0.4, 0.5) is 0 Å². The van der Waals surface area contributed by atoms with Gasteiger partial charge in [0, 0.05) is 10.8 Å². The number of aliphatic carboxylic acids is 1. The smallest absolute Gasteiger partial charge is 0.372 e. The molecule has 0 aromatic carbocycles. The minimum atomic E-state index is -1.54. The largest absolute Gasteiger partial charge is 0.476 e. The highest BCUT2D eigenvalue weighted by atomic mass is 127. The van der Waals surface area contributed by atoms with Crippen LogP contribution in [0, 0.1) is 0 Å². The quantitative estimate of drug-likeness (QED) is 0.170. The van der Waals surface area contributed by atoms with E-state index in [4.69, 9.17) is 19.3 Å². The molecule has 0 saturated carbocycles.